The molecule has 5 nitrogen and oxygen atoms in total. The summed E-state index contributed by atoms with van der Waals surface area (Å²) in [4.78, 5) is 15.1. The molecular weight excluding hydrogens is 278 g/mol. The molecule has 106 valence electrons. The van der Waals surface area contributed by atoms with Crippen molar-refractivity contribution in [1.29, 1.82) is 5.26 Å². The number of aromatic nitrogens is 1. The normalized spacial score (nSPS) is 22.6. The Bertz CT molecular complexity index is 568. The Labute approximate surface area is 124 Å². The first-order chi connectivity index (χ1) is 10.0. The molecule has 1 heterocycles. The van der Waals surface area contributed by atoms with Crippen LogP contribution in [0.3, 0.4) is 0 Å². The summed E-state index contributed by atoms with van der Waals surface area (Å²) in [6, 6.07) is 3.45. The molecule has 1 aliphatic rings. The first-order valence-electron chi connectivity index (χ1n) is 6.97. The molecule has 0 bridgehead atoms. The monoisotopic (exact) mass is 294 g/mol. The van der Waals surface area contributed by atoms with Gasteiger partial charge in [-0.1, -0.05) is 11.6 Å². The molecule has 1 N–H and O–H groups in total. The molecule has 0 unspecified atom stereocenters. The van der Waals surface area contributed by atoms with E-state index in [0.717, 1.165) is 31.0 Å². The fourth-order valence-electron chi connectivity index (χ4n) is 2.31. The molecule has 1 amide bonds. The van der Waals surface area contributed by atoms with Gasteiger partial charge in [0.05, 0.1) is 17.3 Å². The van der Waals surface area contributed by atoms with Crippen molar-refractivity contribution in [1.82, 2.24) is 10.3 Å². The third-order valence-corrected chi connectivity index (χ3v) is 3.52. The van der Waals surface area contributed by atoms with Crippen LogP contribution in [0.25, 0.3) is 0 Å². The summed E-state index contributed by atoms with van der Waals surface area (Å²) < 4.78 is 13.5. The van der Waals surface area contributed by atoms with Crippen LogP contribution < -0.4 is 10.0 Å². The molecule has 0 spiro atoms. The molecule has 6 heteroatoms. The lowest BCUT2D eigenvalue weighted by Crippen LogP contribution is -2.38. The largest absolute Gasteiger partial charge is 0.489 e. The van der Waals surface area contributed by atoms with Gasteiger partial charge in [0.15, 0.2) is 7.11 Å². The van der Waals surface area contributed by atoms with Crippen molar-refractivity contribution in [3.63, 3.8) is 0 Å². The van der Waals surface area contributed by atoms with Crippen LogP contribution in [0, 0.1) is 11.3 Å². The van der Waals surface area contributed by atoms with Crippen molar-refractivity contribution in [2.24, 2.45) is 0 Å². The van der Waals surface area contributed by atoms with Crippen LogP contribution in [-0.2, 0) is 4.79 Å². The van der Waals surface area contributed by atoms with Gasteiger partial charge in [-0.2, -0.15) is 5.26 Å². The fourth-order valence-corrected chi connectivity index (χ4v) is 2.51. The maximum atomic E-state index is 11.2. The van der Waals surface area contributed by atoms with Gasteiger partial charge in [-0.05, 0) is 25.7 Å². The van der Waals surface area contributed by atoms with Crippen LogP contribution >= 0.6 is 11.6 Å². The minimum Gasteiger partial charge on any atom is -0.489 e. The molecule has 0 aliphatic heterocycles. The van der Waals surface area contributed by atoms with Crippen LogP contribution in [0.5, 0.6) is 5.75 Å². The number of carbonyl (C=O) groups excluding carboxylic acids is 1. The van der Waals surface area contributed by atoms with Crippen LogP contribution in [-0.4, -0.2) is 23.0 Å². The van der Waals surface area contributed by atoms with E-state index < -0.39 is 0 Å². The third kappa shape index (κ3) is 3.84. The lowest BCUT2D eigenvalue weighted by Gasteiger charge is -2.29. The number of hydrogen-bond acceptors (Lipinski definition) is 4. The third-order valence-electron chi connectivity index (χ3n) is 3.23. The van der Waals surface area contributed by atoms with Gasteiger partial charge in [-0.25, -0.2) is 4.98 Å². The van der Waals surface area contributed by atoms with E-state index in [0.29, 0.717) is 5.75 Å². The minimum atomic E-state index is -0.234. The number of ether oxygens (including phenoxy) is 1. The molecule has 1 aromatic rings. The number of amides is 1. The highest BCUT2D eigenvalue weighted by Crippen LogP contribution is 2.26. The highest BCUT2D eigenvalue weighted by Gasteiger charge is 2.23. The quantitative estimate of drug-likeness (QED) is 0.929. The van der Waals surface area contributed by atoms with Crippen LogP contribution in [0.2, 0.25) is 6.43 Å². The molecular formula is C14H16ClN3O2. The second-order valence-electron chi connectivity index (χ2n) is 4.81. The predicted molar refractivity (Wildman–Crippen MR) is 74.5 cm³/mol. The summed E-state index contributed by atoms with van der Waals surface area (Å²) in [7, 11) is 0. The smallest absolute Gasteiger partial charge is 0.217 e. The molecule has 1 fully saturated rings. The standard InChI is InChI=1S/C14H16ClN3O2/c1-9(19)18-10-2-4-11(5-3-10)20-12-6-13(15)14(7-16)17-8-12/h6,8,10-11H,2-5H2,1H3,(H,18,19)/i/hD. The van der Waals surface area contributed by atoms with E-state index >= 15 is 0 Å². The molecule has 2 rings (SSSR count). The minimum absolute atomic E-state index is 0.0208. The number of nitriles is 1. The number of nitrogens with one attached hydrogen (secondary N) is 1. The van der Waals surface area contributed by atoms with Crippen LogP contribution in [0.4, 0.5) is 0 Å². The van der Waals surface area contributed by atoms with E-state index in [1.54, 1.807) is 6.07 Å². The van der Waals surface area contributed by atoms with Crippen molar-refractivity contribution >= 4 is 17.5 Å². The average Bonchev–Trinajstić information content (AvgIpc) is 2.47. The van der Waals surface area contributed by atoms with Crippen molar-refractivity contribution < 1.29 is 10.9 Å². The zero-order valence-corrected chi connectivity index (χ0v) is 11.9. The number of halogens is 1. The summed E-state index contributed by atoms with van der Waals surface area (Å²) >= 11 is 5.91. The van der Waals surface area contributed by atoms with E-state index in [2.05, 4.69) is 4.98 Å². The molecule has 1 aromatic heterocycles. The first kappa shape index (κ1) is 13.2. The Kier molecular flexibility index (Phi) is 4.34. The second-order valence-corrected chi connectivity index (χ2v) is 5.22. The Hall–Kier alpha value is -1.80. The second kappa shape index (κ2) is 6.58. The summed E-state index contributed by atoms with van der Waals surface area (Å²) in [6.45, 7) is 1.40. The van der Waals surface area contributed by atoms with E-state index in [9.17, 15) is 4.79 Å². The van der Waals surface area contributed by atoms with Crippen LogP contribution in [0.15, 0.2) is 12.3 Å². The first-order valence-corrected chi connectivity index (χ1v) is 6.90. The zero-order chi connectivity index (χ0) is 15.4. The van der Waals surface area contributed by atoms with Gasteiger partial charge in [0.1, 0.15) is 11.8 Å². The molecule has 1 aliphatic carbocycles. The van der Waals surface area contributed by atoms with Gasteiger partial charge >= 0.3 is 0 Å². The van der Waals surface area contributed by atoms with E-state index in [1.165, 1.54) is 13.1 Å². The lowest BCUT2D eigenvalue weighted by molar-refractivity contribution is -0.120. The molecule has 0 atom stereocenters. The summed E-state index contributed by atoms with van der Waals surface area (Å²) in [5.41, 5.74) is 0.180. The number of pyridine rings is 1. The van der Waals surface area contributed by atoms with Gasteiger partial charge in [-0.15, -0.1) is 0 Å². The Morgan fingerprint density at radius 2 is 2.30 bits per heavy atom. The van der Waals surface area contributed by atoms with Crippen molar-refractivity contribution in [3.05, 3.63) is 23.0 Å². The summed E-state index contributed by atoms with van der Waals surface area (Å²) in [6.07, 6.45) is 4.53. The summed E-state index contributed by atoms with van der Waals surface area (Å²) in [5, 5.41) is 10.1. The van der Waals surface area contributed by atoms with Crippen LogP contribution in [0.1, 0.15) is 38.3 Å². The predicted octanol–water partition coefficient (Wildman–Crippen LogP) is 2.43. The SMILES string of the molecule is [2H]N(C(C)=O)C1CCC(Oc2cnc(C#N)c(Cl)c2)CC1. The van der Waals surface area contributed by atoms with Gasteiger partial charge in [0.2, 0.25) is 5.91 Å². The van der Waals surface area contributed by atoms with Gasteiger partial charge in [0, 0.05) is 19.0 Å². The summed E-state index contributed by atoms with van der Waals surface area (Å²) in [5.74, 6) is 0.305. The number of nitrogens with zero attached hydrogens (tertiary/aromatic N) is 2. The van der Waals surface area contributed by atoms with Gasteiger partial charge in [-0.3, -0.25) is 4.79 Å². The van der Waals surface area contributed by atoms with Crippen molar-refractivity contribution in [3.8, 4) is 11.8 Å². The van der Waals surface area contributed by atoms with Crippen molar-refractivity contribution in [2.75, 3.05) is 0 Å². The number of hydrogen-bond donors (Lipinski definition) is 1. The molecule has 0 radical (unpaired) electrons. The van der Waals surface area contributed by atoms with E-state index in [4.69, 9.17) is 23.0 Å². The van der Waals surface area contributed by atoms with Gasteiger partial charge < -0.3 is 10.0 Å². The Balaban J connectivity index is 1.91. The maximum absolute atomic E-state index is 11.2. The number of carbonyl (C=O) groups is 1. The maximum Gasteiger partial charge on any atom is 0.217 e. The Morgan fingerprint density at radius 3 is 2.85 bits per heavy atom. The number of rotatable bonds is 3. The zero-order valence-electron chi connectivity index (χ0n) is 12.2. The topological polar surface area (TPSA) is 75.0 Å². The molecule has 1 saturated carbocycles. The fraction of sp³-hybridized carbons (Fsp3) is 0.500. The lowest BCUT2D eigenvalue weighted by atomic mass is 9.93. The van der Waals surface area contributed by atoms with Gasteiger partial charge in [0.25, 0.3) is 0 Å². The highest BCUT2D eigenvalue weighted by molar-refractivity contribution is 6.31. The molecule has 0 aromatic carbocycles. The Morgan fingerprint density at radius 1 is 1.60 bits per heavy atom. The van der Waals surface area contributed by atoms with Crippen molar-refractivity contribution in [2.45, 2.75) is 44.8 Å². The van der Waals surface area contributed by atoms with E-state index in [1.807, 2.05) is 6.07 Å². The molecule has 20 heavy (non-hydrogen) atoms. The van der Waals surface area contributed by atoms with E-state index in [-0.39, 0.29) is 28.8 Å². The molecule has 0 saturated heterocycles. The average molecular weight is 295 g/mol. The highest BCUT2D eigenvalue weighted by atomic mass is 35.5.